The fraction of sp³-hybridized carbons (Fsp3) is 0.278. The summed E-state index contributed by atoms with van der Waals surface area (Å²) in [6, 6.07) is 7.07. The van der Waals surface area contributed by atoms with Crippen LogP contribution >= 0.6 is 15.9 Å². The summed E-state index contributed by atoms with van der Waals surface area (Å²) in [6.45, 7) is 2.16. The van der Waals surface area contributed by atoms with Crippen LogP contribution in [-0.4, -0.2) is 30.5 Å². The minimum absolute atomic E-state index is 0.0782. The number of amides is 2. The first-order chi connectivity index (χ1) is 12.4. The van der Waals surface area contributed by atoms with E-state index in [1.165, 1.54) is 12.3 Å². The van der Waals surface area contributed by atoms with E-state index in [-0.39, 0.29) is 30.5 Å². The van der Waals surface area contributed by atoms with Gasteiger partial charge in [0.25, 0.3) is 5.56 Å². The van der Waals surface area contributed by atoms with Gasteiger partial charge in [0, 0.05) is 23.6 Å². The fourth-order valence-electron chi connectivity index (χ4n) is 2.91. The molecule has 0 saturated carbocycles. The van der Waals surface area contributed by atoms with Gasteiger partial charge in [0.2, 0.25) is 11.8 Å². The van der Waals surface area contributed by atoms with E-state index in [0.29, 0.717) is 15.9 Å². The quantitative estimate of drug-likeness (QED) is 0.795. The number of anilines is 2. The summed E-state index contributed by atoms with van der Waals surface area (Å²) in [4.78, 5) is 40.9. The number of halogens is 1. The summed E-state index contributed by atoms with van der Waals surface area (Å²) in [6.07, 6.45) is 1.57. The Morgan fingerprint density at radius 1 is 1.35 bits per heavy atom. The number of nitrogens with one attached hydrogen (secondary N) is 2. The molecule has 136 valence electrons. The summed E-state index contributed by atoms with van der Waals surface area (Å²) in [5.41, 5.74) is 1.38. The van der Waals surface area contributed by atoms with Gasteiger partial charge in [-0.05, 0) is 46.6 Å². The zero-order valence-corrected chi connectivity index (χ0v) is 15.9. The van der Waals surface area contributed by atoms with Crippen LogP contribution in [-0.2, 0) is 9.59 Å². The highest BCUT2D eigenvalue weighted by molar-refractivity contribution is 9.10. The summed E-state index contributed by atoms with van der Waals surface area (Å²) < 4.78 is 5.98. The largest absolute Gasteiger partial charge is 0.495 e. The standard InChI is InChI=1S/C18H18BrN3O4/c1-10-3-4-15(26-2)14(5-10)22-9-11(6-16(22)23)17(24)21-13-7-12(19)8-20-18(13)25/h3-5,7-8,11H,6,9H2,1-2H3,(H,20,25)(H,21,24). The first kappa shape index (κ1) is 18.2. The van der Waals surface area contributed by atoms with Crippen molar-refractivity contribution in [3.05, 3.63) is 50.9 Å². The zero-order chi connectivity index (χ0) is 18.8. The second kappa shape index (κ2) is 7.33. The van der Waals surface area contributed by atoms with Crippen LogP contribution in [0.5, 0.6) is 5.75 Å². The predicted octanol–water partition coefficient (Wildman–Crippen LogP) is 2.45. The minimum Gasteiger partial charge on any atom is -0.495 e. The number of methoxy groups -OCH3 is 1. The molecule has 2 amide bonds. The minimum atomic E-state index is -0.550. The number of rotatable bonds is 4. The molecule has 1 aromatic carbocycles. The van der Waals surface area contributed by atoms with E-state index < -0.39 is 11.5 Å². The SMILES string of the molecule is COc1ccc(C)cc1N1CC(C(=O)Nc2cc(Br)c[nH]c2=O)CC1=O. The predicted molar refractivity (Wildman–Crippen MR) is 102 cm³/mol. The number of hydrogen-bond donors (Lipinski definition) is 2. The van der Waals surface area contributed by atoms with E-state index in [4.69, 9.17) is 4.74 Å². The van der Waals surface area contributed by atoms with Crippen molar-refractivity contribution in [3.8, 4) is 5.75 Å². The molecule has 1 aliphatic rings. The highest BCUT2D eigenvalue weighted by Gasteiger charge is 2.36. The monoisotopic (exact) mass is 419 g/mol. The average Bonchev–Trinajstić information content (AvgIpc) is 3.00. The molecule has 3 rings (SSSR count). The zero-order valence-electron chi connectivity index (χ0n) is 14.3. The van der Waals surface area contributed by atoms with Gasteiger partial charge in [-0.1, -0.05) is 6.07 Å². The molecule has 0 bridgehead atoms. The number of aryl methyl sites for hydroxylation is 1. The second-order valence-electron chi connectivity index (χ2n) is 6.13. The van der Waals surface area contributed by atoms with Gasteiger partial charge >= 0.3 is 0 Å². The number of carbonyl (C=O) groups excluding carboxylic acids is 2. The molecule has 1 unspecified atom stereocenters. The van der Waals surface area contributed by atoms with Gasteiger partial charge in [-0.3, -0.25) is 14.4 Å². The number of nitrogens with zero attached hydrogens (tertiary/aromatic N) is 1. The van der Waals surface area contributed by atoms with Gasteiger partial charge < -0.3 is 19.9 Å². The van der Waals surface area contributed by atoms with Crippen molar-refractivity contribution in [2.75, 3.05) is 23.9 Å². The molecule has 0 spiro atoms. The van der Waals surface area contributed by atoms with Crippen LogP contribution in [0.1, 0.15) is 12.0 Å². The molecule has 1 fully saturated rings. The van der Waals surface area contributed by atoms with E-state index >= 15 is 0 Å². The second-order valence-corrected chi connectivity index (χ2v) is 7.05. The molecule has 1 aliphatic heterocycles. The van der Waals surface area contributed by atoms with Gasteiger partial charge in [0.05, 0.1) is 18.7 Å². The maximum Gasteiger partial charge on any atom is 0.271 e. The van der Waals surface area contributed by atoms with Crippen molar-refractivity contribution < 1.29 is 14.3 Å². The number of benzene rings is 1. The molecule has 2 heterocycles. The molecule has 26 heavy (non-hydrogen) atoms. The summed E-state index contributed by atoms with van der Waals surface area (Å²) in [7, 11) is 1.54. The van der Waals surface area contributed by atoms with Crippen LogP contribution in [0, 0.1) is 12.8 Å². The van der Waals surface area contributed by atoms with Crippen molar-refractivity contribution in [3.63, 3.8) is 0 Å². The Hall–Kier alpha value is -2.61. The van der Waals surface area contributed by atoms with E-state index in [1.807, 2.05) is 19.1 Å². The molecular weight excluding hydrogens is 402 g/mol. The average molecular weight is 420 g/mol. The lowest BCUT2D eigenvalue weighted by Gasteiger charge is -2.20. The van der Waals surface area contributed by atoms with E-state index in [0.717, 1.165) is 5.56 Å². The van der Waals surface area contributed by atoms with Crippen LogP contribution in [0.2, 0.25) is 0 Å². The van der Waals surface area contributed by atoms with Crippen LogP contribution in [0.3, 0.4) is 0 Å². The molecule has 0 radical (unpaired) electrons. The van der Waals surface area contributed by atoms with E-state index in [9.17, 15) is 14.4 Å². The molecule has 2 N–H and O–H groups in total. The molecule has 2 aromatic rings. The van der Waals surface area contributed by atoms with E-state index in [1.54, 1.807) is 18.1 Å². The summed E-state index contributed by atoms with van der Waals surface area (Å²) in [5.74, 6) is -0.493. The number of aromatic nitrogens is 1. The van der Waals surface area contributed by atoms with Crippen molar-refractivity contribution >= 4 is 39.1 Å². The van der Waals surface area contributed by atoms with Gasteiger partial charge in [-0.15, -0.1) is 0 Å². The van der Waals surface area contributed by atoms with Crippen LogP contribution in [0.15, 0.2) is 39.7 Å². The van der Waals surface area contributed by atoms with Gasteiger partial charge in [0.1, 0.15) is 11.4 Å². The number of hydrogen-bond acceptors (Lipinski definition) is 4. The first-order valence-corrected chi connectivity index (χ1v) is 8.82. The summed E-state index contributed by atoms with van der Waals surface area (Å²) >= 11 is 3.24. The Morgan fingerprint density at radius 3 is 2.85 bits per heavy atom. The third-order valence-corrected chi connectivity index (χ3v) is 4.70. The Bertz CT molecular complexity index is 925. The molecule has 8 heteroatoms. The molecule has 0 aliphatic carbocycles. The number of pyridine rings is 1. The number of aromatic amines is 1. The lowest BCUT2D eigenvalue weighted by atomic mass is 10.1. The molecule has 1 atom stereocenters. The maximum atomic E-state index is 12.5. The fourth-order valence-corrected chi connectivity index (χ4v) is 3.26. The lowest BCUT2D eigenvalue weighted by Crippen LogP contribution is -2.29. The number of carbonyl (C=O) groups is 2. The Balaban J connectivity index is 1.79. The smallest absolute Gasteiger partial charge is 0.271 e. The Kier molecular flexibility index (Phi) is 5.13. The van der Waals surface area contributed by atoms with Crippen molar-refractivity contribution in [1.29, 1.82) is 0 Å². The highest BCUT2D eigenvalue weighted by atomic mass is 79.9. The van der Waals surface area contributed by atoms with Gasteiger partial charge in [-0.25, -0.2) is 0 Å². The maximum absolute atomic E-state index is 12.5. The lowest BCUT2D eigenvalue weighted by molar-refractivity contribution is -0.122. The number of ether oxygens (including phenoxy) is 1. The third kappa shape index (κ3) is 3.65. The topological polar surface area (TPSA) is 91.5 Å². The number of H-pyrrole nitrogens is 1. The van der Waals surface area contributed by atoms with Gasteiger partial charge in [0.15, 0.2) is 0 Å². The molecule has 1 saturated heterocycles. The highest BCUT2D eigenvalue weighted by Crippen LogP contribution is 2.34. The van der Waals surface area contributed by atoms with Gasteiger partial charge in [-0.2, -0.15) is 0 Å². The Labute approximate surface area is 158 Å². The third-order valence-electron chi connectivity index (χ3n) is 4.25. The van der Waals surface area contributed by atoms with E-state index in [2.05, 4.69) is 26.2 Å². The molecule has 1 aromatic heterocycles. The molecular formula is C18H18BrN3O4. The first-order valence-electron chi connectivity index (χ1n) is 8.03. The normalized spacial score (nSPS) is 16.7. The summed E-state index contributed by atoms with van der Waals surface area (Å²) in [5, 5.41) is 2.60. The van der Waals surface area contributed by atoms with Crippen molar-refractivity contribution in [2.45, 2.75) is 13.3 Å². The molecule has 7 nitrogen and oxygen atoms in total. The van der Waals surface area contributed by atoms with Crippen LogP contribution in [0.4, 0.5) is 11.4 Å². The van der Waals surface area contributed by atoms with Crippen LogP contribution < -0.4 is 20.5 Å². The van der Waals surface area contributed by atoms with Crippen molar-refractivity contribution in [1.82, 2.24) is 4.98 Å². The Morgan fingerprint density at radius 2 is 2.12 bits per heavy atom. The van der Waals surface area contributed by atoms with Crippen LogP contribution in [0.25, 0.3) is 0 Å². The van der Waals surface area contributed by atoms with Crippen molar-refractivity contribution in [2.24, 2.45) is 5.92 Å².